The first-order valence-electron chi connectivity index (χ1n) is 9.74. The van der Waals surface area contributed by atoms with Crippen molar-refractivity contribution in [3.8, 4) is 0 Å². The zero-order valence-corrected chi connectivity index (χ0v) is 15.7. The molecule has 148 valence electrons. The van der Waals surface area contributed by atoms with Crippen molar-refractivity contribution < 1.29 is 14.3 Å². The average molecular weight is 384 g/mol. The second kappa shape index (κ2) is 8.24. The summed E-state index contributed by atoms with van der Waals surface area (Å²) in [5.74, 6) is -0.261. The topological polar surface area (TPSA) is 59.9 Å². The molecule has 0 unspecified atom stereocenters. The van der Waals surface area contributed by atoms with Crippen LogP contribution in [-0.2, 0) is 0 Å². The van der Waals surface area contributed by atoms with Crippen LogP contribution in [0.2, 0.25) is 0 Å². The number of rotatable bonds is 3. The Balaban J connectivity index is 1.33. The average Bonchev–Trinajstić information content (AvgIpc) is 2.74. The molecule has 28 heavy (non-hydrogen) atoms. The van der Waals surface area contributed by atoms with Crippen LogP contribution in [0.4, 0.5) is 10.1 Å². The van der Waals surface area contributed by atoms with Crippen molar-refractivity contribution in [1.82, 2.24) is 14.8 Å². The van der Waals surface area contributed by atoms with Gasteiger partial charge in [-0.2, -0.15) is 0 Å². The number of hydrogen-bond donors (Lipinski definition) is 1. The van der Waals surface area contributed by atoms with Crippen LogP contribution in [0.25, 0.3) is 0 Å². The third-order valence-corrected chi connectivity index (χ3v) is 5.74. The van der Waals surface area contributed by atoms with Crippen molar-refractivity contribution in [1.29, 1.82) is 0 Å². The number of halogens is 1. The molecule has 7 heteroatoms. The number of piperidine rings is 1. The summed E-state index contributed by atoms with van der Waals surface area (Å²) < 4.78 is 14.0. The number of carbonyl (C=O) groups excluding carboxylic acids is 1. The highest BCUT2D eigenvalue weighted by molar-refractivity contribution is 5.94. The summed E-state index contributed by atoms with van der Waals surface area (Å²) >= 11 is 0. The van der Waals surface area contributed by atoms with E-state index in [0.29, 0.717) is 24.3 Å². The van der Waals surface area contributed by atoms with Gasteiger partial charge in [-0.3, -0.25) is 14.7 Å². The minimum Gasteiger partial charge on any atom is -0.390 e. The van der Waals surface area contributed by atoms with Crippen LogP contribution < -0.4 is 4.90 Å². The molecule has 2 saturated heterocycles. The molecule has 2 fully saturated rings. The van der Waals surface area contributed by atoms with Crippen molar-refractivity contribution in [2.45, 2.75) is 18.6 Å². The van der Waals surface area contributed by atoms with Gasteiger partial charge in [-0.15, -0.1) is 0 Å². The lowest BCUT2D eigenvalue weighted by atomic mass is 9.98. The Hall–Kier alpha value is -2.51. The molecule has 0 saturated carbocycles. The van der Waals surface area contributed by atoms with Crippen LogP contribution in [0, 0.1) is 5.82 Å². The quantitative estimate of drug-likeness (QED) is 0.872. The molecule has 2 aromatic rings. The van der Waals surface area contributed by atoms with E-state index >= 15 is 0 Å². The lowest BCUT2D eigenvalue weighted by Crippen LogP contribution is -2.59. The van der Waals surface area contributed by atoms with Crippen molar-refractivity contribution >= 4 is 11.6 Å². The predicted octanol–water partition coefficient (Wildman–Crippen LogP) is 1.62. The van der Waals surface area contributed by atoms with E-state index in [9.17, 15) is 14.3 Å². The van der Waals surface area contributed by atoms with Gasteiger partial charge >= 0.3 is 0 Å². The maximum atomic E-state index is 14.0. The third kappa shape index (κ3) is 3.86. The van der Waals surface area contributed by atoms with E-state index in [0.717, 1.165) is 32.6 Å². The van der Waals surface area contributed by atoms with Crippen molar-refractivity contribution in [2.75, 3.05) is 44.2 Å². The fourth-order valence-electron chi connectivity index (χ4n) is 4.21. The van der Waals surface area contributed by atoms with Crippen molar-refractivity contribution in [3.05, 3.63) is 60.2 Å². The second-order valence-corrected chi connectivity index (χ2v) is 7.38. The number of para-hydroxylation sites is 1. The number of carbonyl (C=O) groups is 1. The second-order valence-electron chi connectivity index (χ2n) is 7.38. The highest BCUT2D eigenvalue weighted by atomic mass is 19.1. The summed E-state index contributed by atoms with van der Waals surface area (Å²) in [6.45, 7) is 3.95. The minimum absolute atomic E-state index is 0.0317. The summed E-state index contributed by atoms with van der Waals surface area (Å²) in [6.07, 6.45) is 3.36. The molecule has 0 aliphatic carbocycles. The molecular formula is C21H25FN4O2. The Labute approximate surface area is 164 Å². The van der Waals surface area contributed by atoms with Crippen LogP contribution >= 0.6 is 0 Å². The number of β-amino-alcohol motifs (C(OH)–C–C–N with tert-alkyl or cyclic N) is 1. The van der Waals surface area contributed by atoms with E-state index in [2.05, 4.69) is 14.8 Å². The van der Waals surface area contributed by atoms with Gasteiger partial charge in [-0.05, 0) is 30.7 Å². The van der Waals surface area contributed by atoms with Gasteiger partial charge in [-0.25, -0.2) is 4.39 Å². The van der Waals surface area contributed by atoms with Gasteiger partial charge in [0.05, 0.1) is 11.8 Å². The number of likely N-dealkylation sites (tertiary alicyclic amines) is 1. The molecule has 2 aliphatic rings. The smallest absolute Gasteiger partial charge is 0.254 e. The Morgan fingerprint density at radius 1 is 1.04 bits per heavy atom. The SMILES string of the molecule is O=C(c1ccncc1)N1CC[C@@H](N2CCN(c3ccccc3F)CC2)[C@H](O)C1. The first-order valence-corrected chi connectivity index (χ1v) is 9.74. The largest absolute Gasteiger partial charge is 0.390 e. The van der Waals surface area contributed by atoms with Crippen LogP contribution in [-0.4, -0.2) is 77.2 Å². The number of pyridine rings is 1. The summed E-state index contributed by atoms with van der Waals surface area (Å²) in [5.41, 5.74) is 1.24. The van der Waals surface area contributed by atoms with E-state index in [1.54, 1.807) is 35.5 Å². The fourth-order valence-corrected chi connectivity index (χ4v) is 4.21. The molecule has 1 N–H and O–H groups in total. The molecule has 6 nitrogen and oxygen atoms in total. The molecule has 0 bridgehead atoms. The lowest BCUT2D eigenvalue weighted by molar-refractivity contribution is -0.0107. The number of nitrogens with zero attached hydrogens (tertiary/aromatic N) is 4. The normalized spacial score (nSPS) is 23.6. The van der Waals surface area contributed by atoms with E-state index in [-0.39, 0.29) is 17.8 Å². The first-order chi connectivity index (χ1) is 13.6. The Bertz CT molecular complexity index is 811. The van der Waals surface area contributed by atoms with Gasteiger partial charge in [0.2, 0.25) is 0 Å². The first kappa shape index (κ1) is 18.8. The number of anilines is 1. The predicted molar refractivity (Wildman–Crippen MR) is 105 cm³/mol. The van der Waals surface area contributed by atoms with Gasteiger partial charge in [-0.1, -0.05) is 12.1 Å². The number of aromatic nitrogens is 1. The minimum atomic E-state index is -0.584. The summed E-state index contributed by atoms with van der Waals surface area (Å²) in [5, 5.41) is 10.7. The third-order valence-electron chi connectivity index (χ3n) is 5.74. The molecule has 0 radical (unpaired) electrons. The summed E-state index contributed by atoms with van der Waals surface area (Å²) in [6, 6.07) is 10.3. The van der Waals surface area contributed by atoms with Crippen molar-refractivity contribution in [2.24, 2.45) is 0 Å². The molecule has 1 aromatic heterocycles. The zero-order valence-electron chi connectivity index (χ0n) is 15.7. The number of aliphatic hydroxyl groups is 1. The summed E-state index contributed by atoms with van der Waals surface area (Å²) in [4.78, 5) is 22.6. The Kier molecular flexibility index (Phi) is 5.54. The van der Waals surface area contributed by atoms with E-state index in [1.165, 1.54) is 6.07 Å². The van der Waals surface area contributed by atoms with Gasteiger partial charge in [0.15, 0.2) is 0 Å². The van der Waals surface area contributed by atoms with Gasteiger partial charge in [0, 0.05) is 63.3 Å². The number of hydrogen-bond acceptors (Lipinski definition) is 5. The number of amides is 1. The molecule has 2 aliphatic heterocycles. The number of benzene rings is 1. The van der Waals surface area contributed by atoms with Crippen LogP contribution in [0.5, 0.6) is 0 Å². The van der Waals surface area contributed by atoms with Crippen LogP contribution in [0.1, 0.15) is 16.8 Å². The van der Waals surface area contributed by atoms with Crippen LogP contribution in [0.3, 0.4) is 0 Å². The van der Waals surface area contributed by atoms with Gasteiger partial charge in [0.1, 0.15) is 5.82 Å². The lowest BCUT2D eigenvalue weighted by Gasteiger charge is -2.45. The number of aliphatic hydroxyl groups excluding tert-OH is 1. The molecular weight excluding hydrogens is 359 g/mol. The Morgan fingerprint density at radius 2 is 1.75 bits per heavy atom. The van der Waals surface area contributed by atoms with Crippen molar-refractivity contribution in [3.63, 3.8) is 0 Å². The van der Waals surface area contributed by atoms with E-state index < -0.39 is 6.10 Å². The highest BCUT2D eigenvalue weighted by Gasteiger charge is 2.35. The molecule has 1 aromatic carbocycles. The monoisotopic (exact) mass is 384 g/mol. The Morgan fingerprint density at radius 3 is 2.43 bits per heavy atom. The molecule has 3 heterocycles. The fraction of sp³-hybridized carbons (Fsp3) is 0.429. The zero-order chi connectivity index (χ0) is 19.5. The standard InChI is InChI=1S/C21H25FN4O2/c22-17-3-1-2-4-18(17)24-11-13-25(14-12-24)19-7-10-26(15-20(19)27)21(28)16-5-8-23-9-6-16/h1-6,8-9,19-20,27H,7,10-15H2/t19-,20-/m1/s1. The summed E-state index contributed by atoms with van der Waals surface area (Å²) in [7, 11) is 0. The molecule has 4 rings (SSSR count). The highest BCUT2D eigenvalue weighted by Crippen LogP contribution is 2.24. The molecule has 2 atom stereocenters. The molecule has 1 amide bonds. The van der Waals surface area contributed by atoms with E-state index in [4.69, 9.17) is 0 Å². The number of piperazine rings is 1. The van der Waals surface area contributed by atoms with Gasteiger partial charge < -0.3 is 14.9 Å². The van der Waals surface area contributed by atoms with E-state index in [1.807, 2.05) is 12.1 Å². The van der Waals surface area contributed by atoms with Crippen LogP contribution in [0.15, 0.2) is 48.8 Å². The molecule has 0 spiro atoms. The van der Waals surface area contributed by atoms with Gasteiger partial charge in [0.25, 0.3) is 5.91 Å². The maximum Gasteiger partial charge on any atom is 0.254 e. The maximum absolute atomic E-state index is 14.0.